The molecule has 1 saturated carbocycles. The third kappa shape index (κ3) is 3.84. The van der Waals surface area contributed by atoms with Crippen LogP contribution in [0.15, 0.2) is 12.1 Å². The fraction of sp³-hybridized carbons (Fsp3) is 0.647. The van der Waals surface area contributed by atoms with Crippen LogP contribution in [0.2, 0.25) is 0 Å². The van der Waals surface area contributed by atoms with E-state index in [9.17, 15) is 0 Å². The van der Waals surface area contributed by atoms with Crippen LogP contribution in [0.5, 0.6) is 17.2 Å². The molecule has 1 fully saturated rings. The van der Waals surface area contributed by atoms with Gasteiger partial charge in [0.15, 0.2) is 11.5 Å². The van der Waals surface area contributed by atoms with E-state index in [0.29, 0.717) is 29.3 Å². The van der Waals surface area contributed by atoms with Crippen LogP contribution in [0.3, 0.4) is 0 Å². The largest absolute Gasteiger partial charge is 0.493 e. The highest BCUT2D eigenvalue weighted by Gasteiger charge is 2.22. The molecule has 5 heteroatoms. The van der Waals surface area contributed by atoms with Crippen molar-refractivity contribution in [3.8, 4) is 17.2 Å². The molecule has 124 valence electrons. The zero-order chi connectivity index (χ0) is 16.1. The number of nitrogens with two attached hydrogens (primary N) is 1. The number of methoxy groups -OCH3 is 3. The van der Waals surface area contributed by atoms with Crippen molar-refractivity contribution in [1.29, 1.82) is 0 Å². The third-order valence-corrected chi connectivity index (χ3v) is 4.44. The van der Waals surface area contributed by atoms with Crippen LogP contribution in [0.4, 0.5) is 0 Å². The van der Waals surface area contributed by atoms with Gasteiger partial charge in [0, 0.05) is 18.1 Å². The Morgan fingerprint density at radius 2 is 1.55 bits per heavy atom. The monoisotopic (exact) mass is 308 g/mol. The summed E-state index contributed by atoms with van der Waals surface area (Å²) in [4.78, 5) is 0. The molecule has 0 heterocycles. The van der Waals surface area contributed by atoms with Crippen LogP contribution in [0, 0.1) is 0 Å². The third-order valence-electron chi connectivity index (χ3n) is 4.44. The van der Waals surface area contributed by atoms with Gasteiger partial charge in [-0.2, -0.15) is 0 Å². The molecule has 0 radical (unpaired) electrons. The molecule has 3 N–H and O–H groups in total. The molecule has 1 aromatic carbocycles. The van der Waals surface area contributed by atoms with Gasteiger partial charge in [0.25, 0.3) is 0 Å². The Hall–Kier alpha value is -1.46. The van der Waals surface area contributed by atoms with Gasteiger partial charge in [-0.15, -0.1) is 0 Å². The fourth-order valence-electron chi connectivity index (χ4n) is 3.09. The van der Waals surface area contributed by atoms with Gasteiger partial charge in [-0.3, -0.25) is 0 Å². The van der Waals surface area contributed by atoms with E-state index in [-0.39, 0.29) is 6.04 Å². The highest BCUT2D eigenvalue weighted by atomic mass is 16.5. The van der Waals surface area contributed by atoms with Gasteiger partial charge in [0.05, 0.1) is 21.3 Å². The Morgan fingerprint density at radius 3 is 2.00 bits per heavy atom. The number of hydrogen-bond donors (Lipinski definition) is 2. The molecule has 1 aromatic rings. The molecule has 0 aliphatic heterocycles. The Bertz CT molecular complexity index is 460. The Morgan fingerprint density at radius 1 is 1.00 bits per heavy atom. The molecule has 1 aliphatic carbocycles. The van der Waals surface area contributed by atoms with E-state index in [1.54, 1.807) is 21.3 Å². The van der Waals surface area contributed by atoms with Crippen molar-refractivity contribution in [3.05, 3.63) is 17.7 Å². The molecule has 1 atom stereocenters. The van der Waals surface area contributed by atoms with Gasteiger partial charge >= 0.3 is 0 Å². The van der Waals surface area contributed by atoms with Gasteiger partial charge in [-0.1, -0.05) is 0 Å². The van der Waals surface area contributed by atoms with Crippen molar-refractivity contribution < 1.29 is 14.2 Å². The highest BCUT2D eigenvalue weighted by Crippen LogP contribution is 2.39. The summed E-state index contributed by atoms with van der Waals surface area (Å²) in [6.07, 6.45) is 4.46. The van der Waals surface area contributed by atoms with Gasteiger partial charge in [-0.25, -0.2) is 0 Å². The van der Waals surface area contributed by atoms with Crippen LogP contribution in [0.25, 0.3) is 0 Å². The first-order valence-electron chi connectivity index (χ1n) is 7.90. The van der Waals surface area contributed by atoms with E-state index in [1.807, 2.05) is 12.1 Å². The van der Waals surface area contributed by atoms with Crippen molar-refractivity contribution in [1.82, 2.24) is 5.32 Å². The van der Waals surface area contributed by atoms with E-state index >= 15 is 0 Å². The zero-order valence-electron chi connectivity index (χ0n) is 14.0. The highest BCUT2D eigenvalue weighted by molar-refractivity contribution is 5.54. The summed E-state index contributed by atoms with van der Waals surface area (Å²) in [5.41, 5.74) is 7.10. The average molecular weight is 308 g/mol. The molecule has 1 aliphatic rings. The standard InChI is InChI=1S/C17H28N2O3/c1-11(19-14-7-5-13(18)6-8-14)12-9-15(20-2)17(22-4)16(10-12)21-3/h9-11,13-14,19H,5-8,18H2,1-4H3. The minimum Gasteiger partial charge on any atom is -0.493 e. The summed E-state index contributed by atoms with van der Waals surface area (Å²) in [6, 6.07) is 5.12. The molecular weight excluding hydrogens is 280 g/mol. The first kappa shape index (κ1) is 16.9. The van der Waals surface area contributed by atoms with Gasteiger partial charge < -0.3 is 25.3 Å². The van der Waals surface area contributed by atoms with Crippen LogP contribution in [0.1, 0.15) is 44.2 Å². The number of hydrogen-bond acceptors (Lipinski definition) is 5. The average Bonchev–Trinajstić information content (AvgIpc) is 2.55. The lowest BCUT2D eigenvalue weighted by Crippen LogP contribution is -2.38. The summed E-state index contributed by atoms with van der Waals surface area (Å²) < 4.78 is 16.2. The first-order valence-corrected chi connectivity index (χ1v) is 7.90. The molecule has 0 spiro atoms. The fourth-order valence-corrected chi connectivity index (χ4v) is 3.09. The maximum absolute atomic E-state index is 5.97. The van der Waals surface area contributed by atoms with Gasteiger partial charge in [0.1, 0.15) is 0 Å². The molecule has 22 heavy (non-hydrogen) atoms. The summed E-state index contributed by atoms with van der Waals surface area (Å²) in [6.45, 7) is 2.16. The van der Waals surface area contributed by atoms with Crippen molar-refractivity contribution in [3.63, 3.8) is 0 Å². The summed E-state index contributed by atoms with van der Waals surface area (Å²) in [5.74, 6) is 2.01. The van der Waals surface area contributed by atoms with E-state index in [2.05, 4.69) is 12.2 Å². The van der Waals surface area contributed by atoms with Crippen molar-refractivity contribution in [2.45, 2.75) is 50.7 Å². The van der Waals surface area contributed by atoms with Gasteiger partial charge in [0.2, 0.25) is 5.75 Å². The molecule has 5 nitrogen and oxygen atoms in total. The molecular formula is C17H28N2O3. The quantitative estimate of drug-likeness (QED) is 0.846. The van der Waals surface area contributed by atoms with Crippen molar-refractivity contribution in [2.24, 2.45) is 5.73 Å². The van der Waals surface area contributed by atoms with E-state index in [0.717, 1.165) is 31.2 Å². The number of rotatable bonds is 6. The first-order chi connectivity index (χ1) is 10.6. The Balaban J connectivity index is 2.13. The van der Waals surface area contributed by atoms with Crippen LogP contribution < -0.4 is 25.3 Å². The predicted molar refractivity (Wildman–Crippen MR) is 87.9 cm³/mol. The summed E-state index contributed by atoms with van der Waals surface area (Å²) in [7, 11) is 4.90. The molecule has 0 amide bonds. The summed E-state index contributed by atoms with van der Waals surface area (Å²) in [5, 5.41) is 3.69. The van der Waals surface area contributed by atoms with Crippen LogP contribution in [-0.2, 0) is 0 Å². The number of benzene rings is 1. The second-order valence-electron chi connectivity index (χ2n) is 5.96. The predicted octanol–water partition coefficient (Wildman–Crippen LogP) is 2.63. The zero-order valence-corrected chi connectivity index (χ0v) is 14.0. The summed E-state index contributed by atoms with van der Waals surface area (Å²) >= 11 is 0. The minimum absolute atomic E-state index is 0.216. The number of ether oxygens (including phenoxy) is 3. The molecule has 0 aromatic heterocycles. The molecule has 0 saturated heterocycles. The topological polar surface area (TPSA) is 65.7 Å². The van der Waals surface area contributed by atoms with Crippen molar-refractivity contribution in [2.75, 3.05) is 21.3 Å². The lowest BCUT2D eigenvalue weighted by molar-refractivity contribution is 0.314. The Kier molecular flexibility index (Phi) is 5.91. The maximum Gasteiger partial charge on any atom is 0.203 e. The minimum atomic E-state index is 0.216. The second kappa shape index (κ2) is 7.70. The Labute approximate surface area is 133 Å². The van der Waals surface area contributed by atoms with Crippen LogP contribution in [-0.4, -0.2) is 33.4 Å². The van der Waals surface area contributed by atoms with Gasteiger partial charge in [-0.05, 0) is 50.3 Å². The van der Waals surface area contributed by atoms with E-state index in [4.69, 9.17) is 19.9 Å². The van der Waals surface area contributed by atoms with Crippen LogP contribution >= 0.6 is 0 Å². The SMILES string of the molecule is COc1cc(C(C)NC2CCC(N)CC2)cc(OC)c1OC. The van der Waals surface area contributed by atoms with Crippen molar-refractivity contribution >= 4 is 0 Å². The lowest BCUT2D eigenvalue weighted by Gasteiger charge is -2.30. The van der Waals surface area contributed by atoms with E-state index < -0.39 is 0 Å². The van der Waals surface area contributed by atoms with E-state index in [1.165, 1.54) is 0 Å². The number of nitrogens with one attached hydrogen (secondary N) is 1. The molecule has 1 unspecified atom stereocenters. The molecule has 2 rings (SSSR count). The normalized spacial score (nSPS) is 23.0. The maximum atomic E-state index is 5.97. The smallest absolute Gasteiger partial charge is 0.203 e. The lowest BCUT2D eigenvalue weighted by atomic mass is 9.91. The molecule has 0 bridgehead atoms. The second-order valence-corrected chi connectivity index (χ2v) is 5.96.